The third-order valence-electron chi connectivity index (χ3n) is 5.54. The third-order valence-corrected chi connectivity index (χ3v) is 5.78. The minimum atomic E-state index is -0.668. The fourth-order valence-electron chi connectivity index (χ4n) is 3.83. The third kappa shape index (κ3) is 5.53. The molecule has 9 heteroatoms. The van der Waals surface area contributed by atoms with Crippen LogP contribution in [0.2, 0.25) is 0 Å². The molecule has 2 aromatic heterocycles. The molecule has 3 aromatic rings. The molecule has 4 rings (SSSR count). The van der Waals surface area contributed by atoms with Gasteiger partial charge in [-0.05, 0) is 32.9 Å². The van der Waals surface area contributed by atoms with Crippen molar-refractivity contribution >= 4 is 34.9 Å². The summed E-state index contributed by atoms with van der Waals surface area (Å²) in [6.45, 7) is 6.40. The number of fused-ring (bicyclic) bond motifs is 1. The number of aromatic nitrogens is 2. The van der Waals surface area contributed by atoms with Crippen LogP contribution < -0.4 is 5.73 Å². The zero-order valence-corrected chi connectivity index (χ0v) is 20.3. The maximum Gasteiger partial charge on any atom is 0.509 e. The smallest absolute Gasteiger partial charge is 0.431 e. The highest BCUT2D eigenvalue weighted by Gasteiger charge is 2.28. The van der Waals surface area contributed by atoms with Crippen LogP contribution in [0.25, 0.3) is 16.9 Å². The Morgan fingerprint density at radius 2 is 1.68 bits per heavy atom. The number of hydrogen-bond donors (Lipinski definition) is 1. The molecule has 0 aliphatic carbocycles. The number of ether oxygens (including phenoxy) is 2. The van der Waals surface area contributed by atoms with Gasteiger partial charge in [-0.15, -0.1) is 0 Å². The fourth-order valence-corrected chi connectivity index (χ4v) is 3.97. The summed E-state index contributed by atoms with van der Waals surface area (Å²) in [5.41, 5.74) is 8.92. The molecular formula is C25H28N4O4S. The summed E-state index contributed by atoms with van der Waals surface area (Å²) in [5.74, 6) is -0.0614. The molecule has 1 amide bonds. The van der Waals surface area contributed by atoms with Crippen molar-refractivity contribution in [2.75, 3.05) is 13.1 Å². The van der Waals surface area contributed by atoms with E-state index in [4.69, 9.17) is 27.4 Å². The van der Waals surface area contributed by atoms with Gasteiger partial charge in [-0.1, -0.05) is 36.5 Å². The number of thiocarbonyl (C=S) groups is 1. The van der Waals surface area contributed by atoms with Crippen LogP contribution in [0.15, 0.2) is 48.8 Å². The lowest BCUT2D eigenvalue weighted by molar-refractivity contribution is -0.0375. The van der Waals surface area contributed by atoms with Gasteiger partial charge in [0.1, 0.15) is 22.3 Å². The summed E-state index contributed by atoms with van der Waals surface area (Å²) < 4.78 is 12.5. The molecule has 8 nitrogen and oxygen atoms in total. The Hall–Kier alpha value is -3.46. The van der Waals surface area contributed by atoms with Crippen molar-refractivity contribution in [3.05, 3.63) is 59.9 Å². The van der Waals surface area contributed by atoms with Crippen LogP contribution >= 0.6 is 12.2 Å². The Labute approximate surface area is 203 Å². The van der Waals surface area contributed by atoms with Crippen molar-refractivity contribution in [3.63, 3.8) is 0 Å². The van der Waals surface area contributed by atoms with Gasteiger partial charge in [0, 0.05) is 49.5 Å². The van der Waals surface area contributed by atoms with Crippen molar-refractivity contribution in [2.45, 2.75) is 45.3 Å². The van der Waals surface area contributed by atoms with E-state index in [0.29, 0.717) is 36.5 Å². The van der Waals surface area contributed by atoms with Crippen LogP contribution in [-0.4, -0.2) is 56.1 Å². The first-order valence-electron chi connectivity index (χ1n) is 11.2. The molecule has 2 N–H and O–H groups in total. The fraction of sp³-hybridized carbons (Fsp3) is 0.360. The topological polar surface area (TPSA) is 99.2 Å². The van der Waals surface area contributed by atoms with Crippen molar-refractivity contribution in [1.82, 2.24) is 14.3 Å². The van der Waals surface area contributed by atoms with Gasteiger partial charge < -0.3 is 24.5 Å². The molecule has 1 saturated heterocycles. The first kappa shape index (κ1) is 23.7. The summed E-state index contributed by atoms with van der Waals surface area (Å²) in [6, 6.07) is 11.2. The summed E-state index contributed by atoms with van der Waals surface area (Å²) in [7, 11) is 0. The van der Waals surface area contributed by atoms with Gasteiger partial charge in [0.2, 0.25) is 0 Å². The standard InChI is InChI=1S/C25H28N4O4S/c1-25(2,3)33-24(31)32-19-10-12-28(13-11-19)23(30)18-8-9-21-27-20(15-29(21)14-18)16-4-6-17(7-5-16)22(26)34/h4-9,14-15,19H,10-13H2,1-3H3,(H2,26,34). The molecule has 0 unspecified atom stereocenters. The van der Waals surface area contributed by atoms with Crippen molar-refractivity contribution in [2.24, 2.45) is 5.73 Å². The summed E-state index contributed by atoms with van der Waals surface area (Å²) >= 11 is 5.01. The van der Waals surface area contributed by atoms with Crippen molar-refractivity contribution in [3.8, 4) is 11.3 Å². The Bertz CT molecular complexity index is 1220. The largest absolute Gasteiger partial charge is 0.509 e. The Morgan fingerprint density at radius 3 is 2.29 bits per heavy atom. The number of nitrogens with zero attached hydrogens (tertiary/aromatic N) is 3. The van der Waals surface area contributed by atoms with Gasteiger partial charge >= 0.3 is 6.16 Å². The molecule has 0 bridgehead atoms. The number of piperidine rings is 1. The highest BCUT2D eigenvalue weighted by molar-refractivity contribution is 7.80. The van der Waals surface area contributed by atoms with Gasteiger partial charge in [-0.25, -0.2) is 9.78 Å². The number of amides is 1. The Kier molecular flexibility index (Phi) is 6.56. The molecule has 1 fully saturated rings. The minimum absolute atomic E-state index is 0.0614. The van der Waals surface area contributed by atoms with Crippen LogP contribution in [0.3, 0.4) is 0 Å². The second kappa shape index (κ2) is 9.42. The van der Waals surface area contributed by atoms with E-state index in [2.05, 4.69) is 4.98 Å². The quantitative estimate of drug-likeness (QED) is 0.441. The van der Waals surface area contributed by atoms with E-state index in [0.717, 1.165) is 22.5 Å². The first-order valence-corrected chi connectivity index (χ1v) is 11.6. The second-order valence-corrected chi connectivity index (χ2v) is 9.76. The van der Waals surface area contributed by atoms with Gasteiger partial charge in [-0.2, -0.15) is 0 Å². The lowest BCUT2D eigenvalue weighted by Crippen LogP contribution is -2.42. The monoisotopic (exact) mass is 480 g/mol. The Morgan fingerprint density at radius 1 is 1.03 bits per heavy atom. The number of imidazole rings is 1. The lowest BCUT2D eigenvalue weighted by Gasteiger charge is -2.32. The molecule has 1 aliphatic heterocycles. The molecular weight excluding hydrogens is 452 g/mol. The van der Waals surface area contributed by atoms with Crippen LogP contribution in [0.5, 0.6) is 0 Å². The van der Waals surface area contributed by atoms with Crippen LogP contribution in [0, 0.1) is 0 Å². The normalized spacial score (nSPS) is 14.7. The minimum Gasteiger partial charge on any atom is -0.431 e. The Balaban J connectivity index is 1.40. The highest BCUT2D eigenvalue weighted by atomic mass is 32.1. The van der Waals surface area contributed by atoms with E-state index in [1.807, 2.05) is 40.9 Å². The molecule has 0 atom stereocenters. The molecule has 0 spiro atoms. The maximum absolute atomic E-state index is 13.1. The van der Waals surface area contributed by atoms with E-state index in [1.54, 1.807) is 37.9 Å². The number of carbonyl (C=O) groups is 2. The van der Waals surface area contributed by atoms with Gasteiger partial charge in [0.05, 0.1) is 11.3 Å². The maximum atomic E-state index is 13.1. The van der Waals surface area contributed by atoms with Crippen molar-refractivity contribution < 1.29 is 19.1 Å². The average Bonchev–Trinajstić information content (AvgIpc) is 3.21. The highest BCUT2D eigenvalue weighted by Crippen LogP contribution is 2.22. The van der Waals surface area contributed by atoms with Gasteiger partial charge in [0.15, 0.2) is 0 Å². The SMILES string of the molecule is CC(C)(C)OC(=O)OC1CCN(C(=O)c2ccc3nc(-c4ccc(C(N)=S)cc4)cn3c2)CC1. The predicted molar refractivity (Wildman–Crippen MR) is 133 cm³/mol. The van der Waals surface area contributed by atoms with Crippen LogP contribution in [0.1, 0.15) is 49.5 Å². The van der Waals surface area contributed by atoms with Crippen molar-refractivity contribution in [1.29, 1.82) is 0 Å². The molecule has 1 aliphatic rings. The molecule has 34 heavy (non-hydrogen) atoms. The molecule has 0 saturated carbocycles. The van der Waals surface area contributed by atoms with E-state index in [1.165, 1.54) is 0 Å². The van der Waals surface area contributed by atoms with Gasteiger partial charge in [-0.3, -0.25) is 4.79 Å². The number of pyridine rings is 1. The molecule has 3 heterocycles. The number of hydrogen-bond acceptors (Lipinski definition) is 6. The van der Waals surface area contributed by atoms with E-state index in [-0.39, 0.29) is 12.0 Å². The summed E-state index contributed by atoms with van der Waals surface area (Å²) in [5, 5.41) is 0. The summed E-state index contributed by atoms with van der Waals surface area (Å²) in [6.07, 6.45) is 3.91. The first-order chi connectivity index (χ1) is 16.1. The second-order valence-electron chi connectivity index (χ2n) is 9.32. The zero-order chi connectivity index (χ0) is 24.5. The number of rotatable bonds is 4. The summed E-state index contributed by atoms with van der Waals surface area (Å²) in [4.78, 5) is 31.7. The molecule has 1 aromatic carbocycles. The van der Waals surface area contributed by atoms with E-state index in [9.17, 15) is 9.59 Å². The van der Waals surface area contributed by atoms with E-state index >= 15 is 0 Å². The average molecular weight is 481 g/mol. The van der Waals surface area contributed by atoms with Crippen LogP contribution in [-0.2, 0) is 9.47 Å². The van der Waals surface area contributed by atoms with Crippen LogP contribution in [0.4, 0.5) is 4.79 Å². The number of nitrogens with two attached hydrogens (primary N) is 1. The molecule has 0 radical (unpaired) electrons. The predicted octanol–water partition coefficient (Wildman–Crippen LogP) is 4.19. The van der Waals surface area contributed by atoms with E-state index < -0.39 is 11.8 Å². The lowest BCUT2D eigenvalue weighted by atomic mass is 10.1. The van der Waals surface area contributed by atoms with Gasteiger partial charge in [0.25, 0.3) is 5.91 Å². The number of carbonyl (C=O) groups excluding carboxylic acids is 2. The number of benzene rings is 1. The number of likely N-dealkylation sites (tertiary alicyclic amines) is 1. The molecule has 178 valence electrons. The zero-order valence-electron chi connectivity index (χ0n) is 19.5.